The van der Waals surface area contributed by atoms with E-state index in [4.69, 9.17) is 16.3 Å². The summed E-state index contributed by atoms with van der Waals surface area (Å²) in [7, 11) is 0. The van der Waals surface area contributed by atoms with Crippen LogP contribution in [0.25, 0.3) is 22.5 Å². The standard InChI is InChI=1S/C32H23ClN4O/c33-27-18-23(31-29(21-36-37-31)30-16-17-34-22-35-30)19-28(20-27)38-32(24-10-4-1-5-11-24,25-12-6-2-7-13-25)26-14-8-3-9-15-26/h1-22H,(H,36,37). The van der Waals surface area contributed by atoms with Gasteiger partial charge in [0.2, 0.25) is 0 Å². The second-order valence-electron chi connectivity index (χ2n) is 8.80. The van der Waals surface area contributed by atoms with Crippen molar-refractivity contribution >= 4 is 11.6 Å². The first-order valence-corrected chi connectivity index (χ1v) is 12.6. The maximum atomic E-state index is 7.08. The summed E-state index contributed by atoms with van der Waals surface area (Å²) in [5.74, 6) is 0.612. The number of nitrogens with zero attached hydrogens (tertiary/aromatic N) is 3. The van der Waals surface area contributed by atoms with Crippen molar-refractivity contribution in [3.63, 3.8) is 0 Å². The normalized spacial score (nSPS) is 11.3. The van der Waals surface area contributed by atoms with Gasteiger partial charge in [-0.1, -0.05) is 103 Å². The van der Waals surface area contributed by atoms with Crippen molar-refractivity contribution in [1.82, 2.24) is 20.2 Å². The third kappa shape index (κ3) is 4.44. The molecular formula is C32H23ClN4O. The van der Waals surface area contributed by atoms with Gasteiger partial charge in [0.05, 0.1) is 5.69 Å². The fourth-order valence-electron chi connectivity index (χ4n) is 4.79. The van der Waals surface area contributed by atoms with Crippen molar-refractivity contribution in [3.8, 4) is 28.3 Å². The number of benzene rings is 4. The molecule has 184 valence electrons. The van der Waals surface area contributed by atoms with Crippen molar-refractivity contribution in [2.75, 3.05) is 0 Å². The topological polar surface area (TPSA) is 63.7 Å². The van der Waals surface area contributed by atoms with E-state index in [0.29, 0.717) is 10.8 Å². The van der Waals surface area contributed by atoms with Crippen LogP contribution in [0.4, 0.5) is 0 Å². The number of ether oxygens (including phenoxy) is 1. The second-order valence-corrected chi connectivity index (χ2v) is 9.24. The summed E-state index contributed by atoms with van der Waals surface area (Å²) in [6, 6.07) is 38.3. The van der Waals surface area contributed by atoms with Crippen molar-refractivity contribution in [2.45, 2.75) is 5.60 Å². The van der Waals surface area contributed by atoms with Crippen LogP contribution in [0.15, 0.2) is 134 Å². The van der Waals surface area contributed by atoms with Crippen LogP contribution >= 0.6 is 11.6 Å². The molecule has 0 saturated carbocycles. The second kappa shape index (κ2) is 10.3. The van der Waals surface area contributed by atoms with Crippen LogP contribution in [0.1, 0.15) is 16.7 Å². The smallest absolute Gasteiger partial charge is 0.184 e. The molecule has 0 amide bonds. The highest BCUT2D eigenvalue weighted by Gasteiger charge is 2.39. The molecule has 0 unspecified atom stereocenters. The van der Waals surface area contributed by atoms with Crippen molar-refractivity contribution < 1.29 is 4.74 Å². The molecule has 5 nitrogen and oxygen atoms in total. The van der Waals surface area contributed by atoms with E-state index in [-0.39, 0.29) is 0 Å². The quantitative estimate of drug-likeness (QED) is 0.223. The van der Waals surface area contributed by atoms with Crippen LogP contribution in [0.5, 0.6) is 5.75 Å². The highest BCUT2D eigenvalue weighted by atomic mass is 35.5. The first kappa shape index (κ1) is 23.6. The monoisotopic (exact) mass is 514 g/mol. The lowest BCUT2D eigenvalue weighted by Gasteiger charge is -2.36. The Bertz CT molecular complexity index is 1540. The predicted octanol–water partition coefficient (Wildman–Crippen LogP) is 7.56. The Hall–Kier alpha value is -4.74. The minimum Gasteiger partial charge on any atom is -0.473 e. The summed E-state index contributed by atoms with van der Waals surface area (Å²) in [6.45, 7) is 0. The lowest BCUT2D eigenvalue weighted by molar-refractivity contribution is 0.155. The van der Waals surface area contributed by atoms with E-state index in [2.05, 4.69) is 56.6 Å². The van der Waals surface area contributed by atoms with Gasteiger partial charge in [0.25, 0.3) is 0 Å². The molecule has 4 aromatic carbocycles. The van der Waals surface area contributed by atoms with Gasteiger partial charge in [-0.25, -0.2) is 9.97 Å². The number of nitrogens with one attached hydrogen (secondary N) is 1. The van der Waals surface area contributed by atoms with Gasteiger partial charge in [-0.3, -0.25) is 5.10 Å². The molecular weight excluding hydrogens is 492 g/mol. The zero-order valence-corrected chi connectivity index (χ0v) is 21.1. The molecule has 0 radical (unpaired) electrons. The number of hydrogen-bond donors (Lipinski definition) is 1. The molecule has 38 heavy (non-hydrogen) atoms. The molecule has 6 aromatic rings. The van der Waals surface area contributed by atoms with Gasteiger partial charge < -0.3 is 4.74 Å². The molecule has 6 heteroatoms. The summed E-state index contributed by atoms with van der Waals surface area (Å²) in [6.07, 6.45) is 5.05. The lowest BCUT2D eigenvalue weighted by Crippen LogP contribution is -2.36. The number of halogens is 1. The summed E-state index contributed by atoms with van der Waals surface area (Å²) < 4.78 is 7.08. The predicted molar refractivity (Wildman–Crippen MR) is 150 cm³/mol. The van der Waals surface area contributed by atoms with Gasteiger partial charge in [0, 0.05) is 45.2 Å². The van der Waals surface area contributed by atoms with Gasteiger partial charge in [0.1, 0.15) is 17.8 Å². The Morgan fingerprint density at radius 3 is 1.87 bits per heavy atom. The van der Waals surface area contributed by atoms with Crippen molar-refractivity contribution in [3.05, 3.63) is 156 Å². The molecule has 1 N–H and O–H groups in total. The van der Waals surface area contributed by atoms with E-state index in [1.165, 1.54) is 6.33 Å². The maximum Gasteiger partial charge on any atom is 0.184 e. The molecule has 0 saturated heterocycles. The largest absolute Gasteiger partial charge is 0.473 e. The van der Waals surface area contributed by atoms with Gasteiger partial charge in [-0.05, 0) is 24.3 Å². The molecule has 6 rings (SSSR count). The summed E-state index contributed by atoms with van der Waals surface area (Å²) in [5.41, 5.74) is 5.22. The van der Waals surface area contributed by atoms with E-state index >= 15 is 0 Å². The molecule has 2 heterocycles. The fraction of sp³-hybridized carbons (Fsp3) is 0.0312. The third-order valence-electron chi connectivity index (χ3n) is 6.45. The third-order valence-corrected chi connectivity index (χ3v) is 6.67. The summed E-state index contributed by atoms with van der Waals surface area (Å²) in [5, 5.41) is 8.02. The summed E-state index contributed by atoms with van der Waals surface area (Å²) in [4.78, 5) is 8.43. The first-order chi connectivity index (χ1) is 18.7. The van der Waals surface area contributed by atoms with Crippen LogP contribution in [-0.2, 0) is 5.60 Å². The van der Waals surface area contributed by atoms with Crippen LogP contribution in [0.2, 0.25) is 5.02 Å². The number of aromatic amines is 1. The Balaban J connectivity index is 1.53. The molecule has 2 aromatic heterocycles. The SMILES string of the molecule is Clc1cc(OC(c2ccccc2)(c2ccccc2)c2ccccc2)cc(-c2n[nH]cc2-c2ccncn2)c1. The fourth-order valence-corrected chi connectivity index (χ4v) is 5.01. The molecule has 0 fully saturated rings. The molecule has 0 aliphatic rings. The Labute approximate surface area is 225 Å². The number of aromatic nitrogens is 4. The summed E-state index contributed by atoms with van der Waals surface area (Å²) >= 11 is 6.69. The Morgan fingerprint density at radius 2 is 1.32 bits per heavy atom. The molecule has 0 atom stereocenters. The van der Waals surface area contributed by atoms with Gasteiger partial charge in [-0.15, -0.1) is 0 Å². The van der Waals surface area contributed by atoms with Gasteiger partial charge >= 0.3 is 0 Å². The van der Waals surface area contributed by atoms with Crippen LogP contribution < -0.4 is 4.74 Å². The van der Waals surface area contributed by atoms with Crippen LogP contribution in [0, 0.1) is 0 Å². The highest BCUT2D eigenvalue weighted by Crippen LogP contribution is 2.43. The van der Waals surface area contributed by atoms with E-state index in [0.717, 1.165) is 39.2 Å². The average molecular weight is 515 g/mol. The van der Waals surface area contributed by atoms with E-state index in [9.17, 15) is 0 Å². The molecule has 0 bridgehead atoms. The Morgan fingerprint density at radius 1 is 0.711 bits per heavy atom. The number of H-pyrrole nitrogens is 1. The van der Waals surface area contributed by atoms with Crippen LogP contribution in [0.3, 0.4) is 0 Å². The average Bonchev–Trinajstić information content (AvgIpc) is 3.48. The molecule has 0 spiro atoms. The molecule has 0 aliphatic carbocycles. The van der Waals surface area contributed by atoms with E-state index in [1.54, 1.807) is 6.20 Å². The van der Waals surface area contributed by atoms with Crippen molar-refractivity contribution in [2.24, 2.45) is 0 Å². The highest BCUT2D eigenvalue weighted by molar-refractivity contribution is 6.31. The minimum absolute atomic E-state index is 0.539. The van der Waals surface area contributed by atoms with Crippen molar-refractivity contribution in [1.29, 1.82) is 0 Å². The van der Waals surface area contributed by atoms with Gasteiger partial charge in [-0.2, -0.15) is 5.10 Å². The number of hydrogen-bond acceptors (Lipinski definition) is 4. The molecule has 0 aliphatic heterocycles. The zero-order valence-electron chi connectivity index (χ0n) is 20.3. The first-order valence-electron chi connectivity index (χ1n) is 12.2. The lowest BCUT2D eigenvalue weighted by atomic mass is 9.80. The number of rotatable bonds is 7. The zero-order chi connectivity index (χ0) is 25.8. The minimum atomic E-state index is -0.924. The maximum absolute atomic E-state index is 7.08. The van der Waals surface area contributed by atoms with Crippen LogP contribution in [-0.4, -0.2) is 20.2 Å². The van der Waals surface area contributed by atoms with E-state index < -0.39 is 5.60 Å². The van der Waals surface area contributed by atoms with E-state index in [1.807, 2.05) is 85.1 Å². The van der Waals surface area contributed by atoms with Gasteiger partial charge in [0.15, 0.2) is 5.60 Å². The Kier molecular flexibility index (Phi) is 6.42.